The molecule has 2 aromatic carbocycles. The van der Waals surface area contributed by atoms with Gasteiger partial charge in [0.25, 0.3) is 5.91 Å². The van der Waals surface area contributed by atoms with E-state index < -0.39 is 17.5 Å². The Bertz CT molecular complexity index is 955. The second kappa shape index (κ2) is 7.26. The minimum atomic E-state index is -0.777. The quantitative estimate of drug-likeness (QED) is 0.730. The van der Waals surface area contributed by atoms with E-state index in [1.807, 2.05) is 25.1 Å². The number of nitrogens with zero attached hydrogens (tertiary/aromatic N) is 2. The molecule has 0 radical (unpaired) electrons. The molecule has 0 bridgehead atoms. The number of carbonyl (C=O) groups excluding carboxylic acids is 1. The van der Waals surface area contributed by atoms with E-state index >= 15 is 0 Å². The summed E-state index contributed by atoms with van der Waals surface area (Å²) in [5.41, 5.74) is 1.81. The topological polar surface area (TPSA) is 66.9 Å². The summed E-state index contributed by atoms with van der Waals surface area (Å²) < 4.78 is 27.6. The molecule has 0 saturated carbocycles. The Morgan fingerprint density at radius 1 is 0.962 bits per heavy atom. The predicted molar refractivity (Wildman–Crippen MR) is 95.5 cm³/mol. The molecule has 1 amide bonds. The molecule has 0 unspecified atom stereocenters. The number of halogens is 2. The zero-order chi connectivity index (χ0) is 18.7. The molecule has 0 atom stereocenters. The summed E-state index contributed by atoms with van der Waals surface area (Å²) in [5.74, 6) is -2.07. The largest absolute Gasteiger partial charge is 0.321 e. The Morgan fingerprint density at radius 2 is 1.65 bits per heavy atom. The zero-order valence-electron chi connectivity index (χ0n) is 14.2. The summed E-state index contributed by atoms with van der Waals surface area (Å²) in [6.45, 7) is 3.57. The van der Waals surface area contributed by atoms with Gasteiger partial charge in [0.15, 0.2) is 0 Å². The highest BCUT2D eigenvalue weighted by molar-refractivity contribution is 6.03. The number of aryl methyl sites for hydroxylation is 2. The zero-order valence-corrected chi connectivity index (χ0v) is 14.2. The second-order valence-corrected chi connectivity index (χ2v) is 5.76. The van der Waals surface area contributed by atoms with Crippen molar-refractivity contribution in [3.05, 3.63) is 77.1 Å². The maximum Gasteiger partial charge on any atom is 0.274 e. The average molecular weight is 354 g/mol. The number of benzene rings is 2. The SMILES string of the molecule is Cc1cccc(NC(=O)c2cc(C)nc(Nc3c(F)cccc3F)n2)c1. The fraction of sp³-hybridized carbons (Fsp3) is 0.105. The molecule has 0 aliphatic rings. The van der Waals surface area contributed by atoms with Crippen LogP contribution in [0.4, 0.5) is 26.1 Å². The third-order valence-corrected chi connectivity index (χ3v) is 3.56. The lowest BCUT2D eigenvalue weighted by molar-refractivity contribution is 0.102. The highest BCUT2D eigenvalue weighted by Gasteiger charge is 2.14. The van der Waals surface area contributed by atoms with E-state index in [0.717, 1.165) is 17.7 Å². The molecular weight excluding hydrogens is 338 g/mol. The van der Waals surface area contributed by atoms with Crippen molar-refractivity contribution in [2.24, 2.45) is 0 Å². The van der Waals surface area contributed by atoms with Crippen LogP contribution in [0.3, 0.4) is 0 Å². The van der Waals surface area contributed by atoms with Gasteiger partial charge in [-0.3, -0.25) is 4.79 Å². The second-order valence-electron chi connectivity index (χ2n) is 5.76. The van der Waals surface area contributed by atoms with E-state index in [9.17, 15) is 13.6 Å². The Hall–Kier alpha value is -3.35. The molecule has 132 valence electrons. The van der Waals surface area contributed by atoms with Crippen LogP contribution in [0.2, 0.25) is 0 Å². The van der Waals surface area contributed by atoms with E-state index in [-0.39, 0.29) is 17.3 Å². The smallest absolute Gasteiger partial charge is 0.274 e. The molecule has 3 rings (SSSR count). The van der Waals surface area contributed by atoms with Gasteiger partial charge < -0.3 is 10.6 Å². The van der Waals surface area contributed by atoms with Crippen molar-refractivity contribution in [1.29, 1.82) is 0 Å². The average Bonchev–Trinajstić information content (AvgIpc) is 2.58. The van der Waals surface area contributed by atoms with Crippen LogP contribution in [0, 0.1) is 25.5 Å². The monoisotopic (exact) mass is 354 g/mol. The fourth-order valence-corrected chi connectivity index (χ4v) is 2.39. The molecule has 0 aliphatic carbocycles. The summed E-state index contributed by atoms with van der Waals surface area (Å²) in [4.78, 5) is 20.6. The first kappa shape index (κ1) is 17.5. The summed E-state index contributed by atoms with van der Waals surface area (Å²) in [6, 6.07) is 12.3. The maximum absolute atomic E-state index is 13.8. The van der Waals surface area contributed by atoms with E-state index in [2.05, 4.69) is 20.6 Å². The number of anilines is 3. The number of rotatable bonds is 4. The third-order valence-electron chi connectivity index (χ3n) is 3.56. The lowest BCUT2D eigenvalue weighted by Crippen LogP contribution is -2.15. The molecule has 0 saturated heterocycles. The number of aromatic nitrogens is 2. The fourth-order valence-electron chi connectivity index (χ4n) is 2.39. The molecule has 3 aromatic rings. The van der Waals surface area contributed by atoms with Gasteiger partial charge in [-0.2, -0.15) is 0 Å². The Kier molecular flexibility index (Phi) is 4.88. The molecule has 7 heteroatoms. The van der Waals surface area contributed by atoms with Gasteiger partial charge in [-0.1, -0.05) is 18.2 Å². The minimum Gasteiger partial charge on any atom is -0.321 e. The normalized spacial score (nSPS) is 10.5. The molecular formula is C19H16F2N4O. The molecule has 5 nitrogen and oxygen atoms in total. The first-order valence-corrected chi connectivity index (χ1v) is 7.87. The van der Waals surface area contributed by atoms with E-state index in [4.69, 9.17) is 0 Å². The maximum atomic E-state index is 13.8. The van der Waals surface area contributed by atoms with Crippen molar-refractivity contribution >= 4 is 23.2 Å². The summed E-state index contributed by atoms with van der Waals surface area (Å²) >= 11 is 0. The van der Waals surface area contributed by atoms with Crippen molar-refractivity contribution in [3.8, 4) is 0 Å². The van der Waals surface area contributed by atoms with Gasteiger partial charge in [0.1, 0.15) is 23.0 Å². The molecule has 26 heavy (non-hydrogen) atoms. The van der Waals surface area contributed by atoms with Crippen LogP contribution in [0.15, 0.2) is 48.5 Å². The third kappa shape index (κ3) is 4.00. The van der Waals surface area contributed by atoms with Crippen LogP contribution in [0.5, 0.6) is 0 Å². The van der Waals surface area contributed by atoms with Gasteiger partial charge in [0.05, 0.1) is 0 Å². The number of hydrogen-bond acceptors (Lipinski definition) is 4. The van der Waals surface area contributed by atoms with Crippen LogP contribution < -0.4 is 10.6 Å². The summed E-state index contributed by atoms with van der Waals surface area (Å²) in [7, 11) is 0. The summed E-state index contributed by atoms with van der Waals surface area (Å²) in [5, 5.41) is 5.23. The minimum absolute atomic E-state index is 0.0663. The first-order chi connectivity index (χ1) is 12.4. The van der Waals surface area contributed by atoms with E-state index in [0.29, 0.717) is 11.4 Å². The highest BCUT2D eigenvalue weighted by Crippen LogP contribution is 2.21. The lowest BCUT2D eigenvalue weighted by Gasteiger charge is -2.10. The molecule has 1 aromatic heterocycles. The van der Waals surface area contributed by atoms with Crippen molar-refractivity contribution in [1.82, 2.24) is 9.97 Å². The van der Waals surface area contributed by atoms with Crippen LogP contribution in [0.25, 0.3) is 0 Å². The van der Waals surface area contributed by atoms with Crippen LogP contribution in [-0.2, 0) is 0 Å². The molecule has 1 heterocycles. The molecule has 0 aliphatic heterocycles. The van der Waals surface area contributed by atoms with Gasteiger partial charge in [0.2, 0.25) is 5.95 Å². The number of hydrogen-bond donors (Lipinski definition) is 2. The van der Waals surface area contributed by atoms with Crippen molar-refractivity contribution in [2.45, 2.75) is 13.8 Å². The number of nitrogens with one attached hydrogen (secondary N) is 2. The number of carbonyl (C=O) groups is 1. The van der Waals surface area contributed by atoms with Gasteiger partial charge in [0, 0.05) is 11.4 Å². The molecule has 2 N–H and O–H groups in total. The Morgan fingerprint density at radius 3 is 2.35 bits per heavy atom. The highest BCUT2D eigenvalue weighted by atomic mass is 19.1. The van der Waals surface area contributed by atoms with E-state index in [1.54, 1.807) is 13.0 Å². The Labute approximate surface area is 149 Å². The molecule has 0 spiro atoms. The van der Waals surface area contributed by atoms with Gasteiger partial charge in [-0.15, -0.1) is 0 Å². The lowest BCUT2D eigenvalue weighted by atomic mass is 10.2. The molecule has 0 fully saturated rings. The first-order valence-electron chi connectivity index (χ1n) is 7.87. The van der Waals surface area contributed by atoms with E-state index in [1.165, 1.54) is 12.1 Å². The van der Waals surface area contributed by atoms with Gasteiger partial charge in [-0.05, 0) is 49.7 Å². The number of para-hydroxylation sites is 1. The van der Waals surface area contributed by atoms with Crippen LogP contribution in [0.1, 0.15) is 21.7 Å². The van der Waals surface area contributed by atoms with Crippen molar-refractivity contribution in [2.75, 3.05) is 10.6 Å². The predicted octanol–water partition coefficient (Wildman–Crippen LogP) is 4.37. The van der Waals surface area contributed by atoms with Crippen molar-refractivity contribution in [3.63, 3.8) is 0 Å². The van der Waals surface area contributed by atoms with Crippen molar-refractivity contribution < 1.29 is 13.6 Å². The van der Waals surface area contributed by atoms with Gasteiger partial charge in [-0.25, -0.2) is 18.7 Å². The standard InChI is InChI=1S/C19H16F2N4O/c1-11-5-3-6-13(9-11)23-18(26)16-10-12(2)22-19(24-16)25-17-14(20)7-4-8-15(17)21/h3-10H,1-2H3,(H,23,26)(H,22,24,25). The van der Waals surface area contributed by atoms with Crippen LogP contribution in [-0.4, -0.2) is 15.9 Å². The van der Waals surface area contributed by atoms with Crippen LogP contribution >= 0.6 is 0 Å². The Balaban J connectivity index is 1.86. The summed E-state index contributed by atoms with van der Waals surface area (Å²) in [6.07, 6.45) is 0. The number of amides is 1. The van der Waals surface area contributed by atoms with Gasteiger partial charge >= 0.3 is 0 Å².